The number of ketones is 4. The Balaban J connectivity index is 0.000000165. The van der Waals surface area contributed by atoms with E-state index in [4.69, 9.17) is 20.4 Å². The first-order valence-corrected chi connectivity index (χ1v) is 24.4. The average Bonchev–Trinajstić information content (AvgIpc) is 3.66. The van der Waals surface area contributed by atoms with E-state index in [-0.39, 0.29) is 45.1 Å². The highest BCUT2D eigenvalue weighted by Crippen LogP contribution is 2.33. The van der Waals surface area contributed by atoms with E-state index in [0.717, 1.165) is 0 Å². The Labute approximate surface area is 443 Å². The van der Waals surface area contributed by atoms with Crippen LogP contribution >= 0.6 is 0 Å². The molecule has 12 rings (SSSR count). The molecule has 4 aliphatic rings. The number of carbonyl (C=O) groups is 4. The van der Waals surface area contributed by atoms with E-state index in [1.807, 2.05) is 72.8 Å². The normalized spacial score (nSPS) is 18.3. The van der Waals surface area contributed by atoms with Crippen LogP contribution in [0.25, 0.3) is 0 Å². The molecule has 0 fully saturated rings. The first kappa shape index (κ1) is 50.1. The SMILES string of the molecule is O=C(C1=NN(c2ccccc2)[C@H]2N[C@@H]1N(c1ccccc1)N=C2C(=O)c1ccc(F)cc1)c1ccc(F)cc1.O=C(C1=NN(c2ccccc2)[C@H]2N[C@@H]1N(c1ccccc1)N=C2C(=O)c1ccc(F)cc1)c1ccc(F)cc1. The van der Waals surface area contributed by atoms with Crippen molar-refractivity contribution in [3.05, 3.63) is 264 Å². The molecule has 14 nitrogen and oxygen atoms in total. The molecule has 8 aromatic carbocycles. The molecule has 0 unspecified atom stereocenters. The summed E-state index contributed by atoms with van der Waals surface area (Å²) >= 11 is 0. The van der Waals surface area contributed by atoms with E-state index in [0.29, 0.717) is 22.7 Å². The molecule has 4 aliphatic heterocycles. The van der Waals surface area contributed by atoms with E-state index >= 15 is 0 Å². The molecule has 0 aromatic heterocycles. The van der Waals surface area contributed by atoms with Crippen LogP contribution in [0.4, 0.5) is 40.3 Å². The quantitative estimate of drug-likeness (QED) is 0.0893. The highest BCUT2D eigenvalue weighted by atomic mass is 19.1. The van der Waals surface area contributed by atoms with Gasteiger partial charge in [-0.3, -0.25) is 29.8 Å². The average molecular weight is 1040 g/mol. The van der Waals surface area contributed by atoms with Crippen molar-refractivity contribution in [2.24, 2.45) is 20.4 Å². The number of Topliss-reactive ketones (excluding diaryl/α,β-unsaturated/α-hetero) is 4. The number of hydrogen-bond acceptors (Lipinski definition) is 14. The Bertz CT molecular complexity index is 3180. The minimum atomic E-state index is -0.834. The van der Waals surface area contributed by atoms with Gasteiger partial charge < -0.3 is 0 Å². The lowest BCUT2D eigenvalue weighted by Crippen LogP contribution is -2.69. The molecule has 0 saturated heterocycles. The summed E-state index contributed by atoms with van der Waals surface area (Å²) < 4.78 is 54.4. The van der Waals surface area contributed by atoms with Crippen LogP contribution in [-0.2, 0) is 0 Å². The summed E-state index contributed by atoms with van der Waals surface area (Å²) in [6.07, 6.45) is -3.33. The van der Waals surface area contributed by atoms with Gasteiger partial charge in [0.1, 0.15) is 46.1 Å². The summed E-state index contributed by atoms with van der Waals surface area (Å²) in [6, 6.07) is 57.3. The minimum absolute atomic E-state index is 0.114. The van der Waals surface area contributed by atoms with Gasteiger partial charge in [0.25, 0.3) is 0 Å². The van der Waals surface area contributed by atoms with E-state index < -0.39 is 71.1 Å². The molecular formula is C60H42F4N10O4. The lowest BCUT2D eigenvalue weighted by atomic mass is 9.99. The number of benzene rings is 8. The van der Waals surface area contributed by atoms with Gasteiger partial charge in [-0.1, -0.05) is 72.8 Å². The van der Waals surface area contributed by atoms with Crippen LogP contribution in [0.5, 0.6) is 0 Å². The third-order valence-corrected chi connectivity index (χ3v) is 12.9. The molecule has 18 heteroatoms. The molecule has 0 aliphatic carbocycles. The second kappa shape index (κ2) is 21.7. The van der Waals surface area contributed by atoms with Crippen molar-refractivity contribution in [1.82, 2.24) is 10.6 Å². The van der Waals surface area contributed by atoms with Crippen LogP contribution in [0.2, 0.25) is 0 Å². The number of nitrogens with zero attached hydrogens (tertiary/aromatic N) is 8. The number of hydrogen-bond donors (Lipinski definition) is 2. The fourth-order valence-electron chi connectivity index (χ4n) is 9.10. The Morgan fingerprint density at radius 3 is 0.641 bits per heavy atom. The maximum Gasteiger partial charge on any atom is 0.212 e. The van der Waals surface area contributed by atoms with Crippen LogP contribution in [0.15, 0.2) is 239 Å². The lowest BCUT2D eigenvalue weighted by molar-refractivity contribution is 0.104. The zero-order valence-electron chi connectivity index (χ0n) is 40.8. The molecular weight excluding hydrogens is 1000 g/mol. The van der Waals surface area contributed by atoms with Gasteiger partial charge in [0, 0.05) is 22.3 Å². The first-order valence-electron chi connectivity index (χ1n) is 24.4. The zero-order valence-corrected chi connectivity index (χ0v) is 40.8. The van der Waals surface area contributed by atoms with Gasteiger partial charge in [-0.15, -0.1) is 0 Å². The molecule has 0 saturated carbocycles. The number of hydrazone groups is 4. The zero-order chi connectivity index (χ0) is 53.9. The summed E-state index contributed by atoms with van der Waals surface area (Å²) in [7, 11) is 0. The molecule has 2 N–H and O–H groups in total. The van der Waals surface area contributed by atoms with Crippen LogP contribution in [-0.4, -0.2) is 70.6 Å². The van der Waals surface area contributed by atoms with Gasteiger partial charge in [-0.05, 0) is 146 Å². The molecule has 0 spiro atoms. The smallest absolute Gasteiger partial charge is 0.212 e. The number of halogens is 4. The fraction of sp³-hybridized carbons (Fsp3) is 0.0667. The fourth-order valence-corrected chi connectivity index (χ4v) is 9.10. The predicted octanol–water partition coefficient (Wildman–Crippen LogP) is 10.0. The van der Waals surface area contributed by atoms with Gasteiger partial charge in [0.15, 0.2) is 24.7 Å². The highest BCUT2D eigenvalue weighted by molar-refractivity contribution is 6.52. The van der Waals surface area contributed by atoms with Crippen LogP contribution in [0.1, 0.15) is 41.4 Å². The second-order valence-electron chi connectivity index (χ2n) is 17.9. The number of carbonyl (C=O) groups excluding carboxylic acids is 4. The van der Waals surface area contributed by atoms with Gasteiger partial charge in [0.05, 0.1) is 22.7 Å². The third-order valence-electron chi connectivity index (χ3n) is 12.9. The predicted molar refractivity (Wildman–Crippen MR) is 290 cm³/mol. The van der Waals surface area contributed by atoms with Crippen molar-refractivity contribution in [1.29, 1.82) is 0 Å². The summed E-state index contributed by atoms with van der Waals surface area (Å²) in [6.45, 7) is 0. The summed E-state index contributed by atoms with van der Waals surface area (Å²) in [5.41, 5.74) is 3.95. The summed E-state index contributed by atoms with van der Waals surface area (Å²) in [4.78, 5) is 54.9. The molecule has 4 atom stereocenters. The van der Waals surface area contributed by atoms with Crippen molar-refractivity contribution >= 4 is 68.7 Å². The largest absolute Gasteiger partial charge is 0.287 e. The Morgan fingerprint density at radius 2 is 0.462 bits per heavy atom. The minimum Gasteiger partial charge on any atom is -0.287 e. The van der Waals surface area contributed by atoms with E-state index in [2.05, 4.69) is 10.6 Å². The molecule has 8 aromatic rings. The van der Waals surface area contributed by atoms with Crippen molar-refractivity contribution in [3.8, 4) is 0 Å². The number of para-hydroxylation sites is 4. The van der Waals surface area contributed by atoms with Crippen molar-refractivity contribution in [2.45, 2.75) is 24.7 Å². The summed E-state index contributed by atoms with van der Waals surface area (Å²) in [5.74, 6) is -3.52. The molecule has 4 heterocycles. The van der Waals surface area contributed by atoms with E-state index in [1.54, 1.807) is 48.5 Å². The third kappa shape index (κ3) is 10.1. The summed E-state index contributed by atoms with van der Waals surface area (Å²) in [5, 5.41) is 31.9. The molecule has 0 amide bonds. The highest BCUT2D eigenvalue weighted by Gasteiger charge is 2.48. The van der Waals surface area contributed by atoms with Gasteiger partial charge >= 0.3 is 0 Å². The van der Waals surface area contributed by atoms with Crippen LogP contribution < -0.4 is 30.7 Å². The van der Waals surface area contributed by atoms with Gasteiger partial charge in [0.2, 0.25) is 23.1 Å². The molecule has 384 valence electrons. The van der Waals surface area contributed by atoms with Crippen LogP contribution in [0, 0.1) is 23.3 Å². The monoisotopic (exact) mass is 1040 g/mol. The Morgan fingerprint density at radius 1 is 0.282 bits per heavy atom. The van der Waals surface area contributed by atoms with Gasteiger partial charge in [-0.25, -0.2) is 37.6 Å². The van der Waals surface area contributed by atoms with Gasteiger partial charge in [-0.2, -0.15) is 20.4 Å². The van der Waals surface area contributed by atoms with Crippen molar-refractivity contribution in [3.63, 3.8) is 0 Å². The Kier molecular flexibility index (Phi) is 13.9. The molecule has 4 bridgehead atoms. The molecule has 0 radical (unpaired) electrons. The van der Waals surface area contributed by atoms with E-state index in [9.17, 15) is 36.7 Å². The number of anilines is 4. The van der Waals surface area contributed by atoms with Crippen molar-refractivity contribution in [2.75, 3.05) is 20.0 Å². The Hall–Kier alpha value is -10.0. The van der Waals surface area contributed by atoms with Crippen LogP contribution in [0.3, 0.4) is 0 Å². The number of rotatable bonds is 12. The molecule has 78 heavy (non-hydrogen) atoms. The standard InChI is InChI=1S/2C30H21F2N5O2/c2*31-21-15-11-19(12-16-21)27(38)25-29-33-30(37(35-25)24-9-5-2-6-10-24)26(28(39)20-13-17-22(32)18-14-20)34-36(29)23-7-3-1-4-8-23/h2*1-18,29-30,33H/t2*29-,30-/m11/s1. The topological polar surface area (TPSA) is 155 Å². The second-order valence-corrected chi connectivity index (χ2v) is 17.9. The number of fused-ring (bicyclic) bond motifs is 4. The first-order chi connectivity index (χ1) is 38.0. The maximum absolute atomic E-state index is 13.7. The van der Waals surface area contributed by atoms with Crippen molar-refractivity contribution < 1.29 is 36.7 Å². The maximum atomic E-state index is 13.7. The lowest BCUT2D eigenvalue weighted by Gasteiger charge is -2.45. The van der Waals surface area contributed by atoms with E-state index in [1.165, 1.54) is 117 Å². The number of nitrogens with one attached hydrogen (secondary N) is 2.